The summed E-state index contributed by atoms with van der Waals surface area (Å²) in [5, 5.41) is 7.56. The minimum absolute atomic E-state index is 0. The summed E-state index contributed by atoms with van der Waals surface area (Å²) in [5.74, 6) is 1.63. The van der Waals surface area contributed by atoms with Crippen LogP contribution >= 0.6 is 35.3 Å². The van der Waals surface area contributed by atoms with Gasteiger partial charge in [0.05, 0.1) is 30.1 Å². The Bertz CT molecular complexity index is 551. The van der Waals surface area contributed by atoms with Crippen LogP contribution in [0.25, 0.3) is 0 Å². The number of rotatable bonds is 4. The molecule has 0 amide bonds. The minimum Gasteiger partial charge on any atom is -0.467 e. The lowest BCUT2D eigenvalue weighted by Crippen LogP contribution is -2.36. The number of nitrogens with one attached hydrogen (secondary N) is 2. The molecule has 0 atom stereocenters. The molecule has 0 radical (unpaired) electrons. The number of nitrogens with zero attached hydrogens (tertiary/aromatic N) is 2. The lowest BCUT2D eigenvalue weighted by atomic mass is 10.4. The van der Waals surface area contributed by atoms with Crippen LogP contribution in [0.5, 0.6) is 0 Å². The summed E-state index contributed by atoms with van der Waals surface area (Å²) in [5.41, 5.74) is 1.08. The Morgan fingerprint density at radius 1 is 1.35 bits per heavy atom. The molecule has 0 spiro atoms. The molecule has 0 aromatic carbocycles. The molecule has 2 rings (SSSR count). The molecular weight excluding hydrogens is 387 g/mol. The van der Waals surface area contributed by atoms with E-state index in [0.717, 1.165) is 29.0 Å². The van der Waals surface area contributed by atoms with Gasteiger partial charge in [-0.15, -0.1) is 35.3 Å². The van der Waals surface area contributed by atoms with E-state index in [1.807, 2.05) is 26.0 Å². The average molecular weight is 406 g/mol. The number of furan rings is 1. The average Bonchev–Trinajstić information content (AvgIpc) is 3.00. The lowest BCUT2D eigenvalue weighted by Gasteiger charge is -2.10. The number of thiazole rings is 1. The van der Waals surface area contributed by atoms with Gasteiger partial charge in [-0.1, -0.05) is 0 Å². The fraction of sp³-hybridized carbons (Fsp3) is 0.385. The van der Waals surface area contributed by atoms with Crippen molar-refractivity contribution in [2.75, 3.05) is 7.05 Å². The Kier molecular flexibility index (Phi) is 7.00. The van der Waals surface area contributed by atoms with Gasteiger partial charge in [-0.25, -0.2) is 4.98 Å². The van der Waals surface area contributed by atoms with Crippen LogP contribution in [0.4, 0.5) is 0 Å². The van der Waals surface area contributed by atoms with Gasteiger partial charge in [0.25, 0.3) is 0 Å². The van der Waals surface area contributed by atoms with Crippen LogP contribution in [-0.4, -0.2) is 18.0 Å². The zero-order chi connectivity index (χ0) is 13.7. The van der Waals surface area contributed by atoms with Crippen molar-refractivity contribution in [2.45, 2.75) is 26.9 Å². The number of aromatic nitrogens is 1. The first kappa shape index (κ1) is 17.0. The highest BCUT2D eigenvalue weighted by Crippen LogP contribution is 2.16. The van der Waals surface area contributed by atoms with Crippen LogP contribution in [0.3, 0.4) is 0 Å². The standard InChI is InChI=1S/C13H18N4OS.HI/c1-9-12(19-10(2)17-9)8-16-13(14-3)15-7-11-5-4-6-18-11;/h4-6H,7-8H2,1-3H3,(H2,14,15,16);1H. The van der Waals surface area contributed by atoms with Gasteiger partial charge in [0, 0.05) is 11.9 Å². The number of guanidine groups is 1. The third-order valence-corrected chi connectivity index (χ3v) is 3.72. The Balaban J connectivity index is 0.00000200. The predicted molar refractivity (Wildman–Crippen MR) is 92.7 cm³/mol. The first-order valence-electron chi connectivity index (χ1n) is 6.09. The summed E-state index contributed by atoms with van der Waals surface area (Å²) in [6.45, 7) is 5.40. The number of halogens is 1. The van der Waals surface area contributed by atoms with Gasteiger partial charge in [-0.3, -0.25) is 4.99 Å². The van der Waals surface area contributed by atoms with E-state index >= 15 is 0 Å². The van der Waals surface area contributed by atoms with Crippen molar-refractivity contribution in [2.24, 2.45) is 4.99 Å². The van der Waals surface area contributed by atoms with E-state index in [4.69, 9.17) is 4.42 Å². The quantitative estimate of drug-likeness (QED) is 0.466. The van der Waals surface area contributed by atoms with Crippen molar-refractivity contribution in [3.05, 3.63) is 39.7 Å². The first-order chi connectivity index (χ1) is 9.19. The van der Waals surface area contributed by atoms with Crippen LogP contribution in [-0.2, 0) is 13.1 Å². The number of hydrogen-bond acceptors (Lipinski definition) is 4. The van der Waals surface area contributed by atoms with Crippen molar-refractivity contribution in [1.82, 2.24) is 15.6 Å². The maximum atomic E-state index is 5.26. The summed E-state index contributed by atoms with van der Waals surface area (Å²) in [6, 6.07) is 3.80. The molecule has 0 aliphatic carbocycles. The van der Waals surface area contributed by atoms with Crippen molar-refractivity contribution in [1.29, 1.82) is 0 Å². The fourth-order valence-electron chi connectivity index (χ4n) is 1.71. The lowest BCUT2D eigenvalue weighted by molar-refractivity contribution is 0.501. The van der Waals surface area contributed by atoms with E-state index in [-0.39, 0.29) is 24.0 Å². The summed E-state index contributed by atoms with van der Waals surface area (Å²) in [7, 11) is 1.75. The van der Waals surface area contributed by atoms with Gasteiger partial charge < -0.3 is 15.1 Å². The van der Waals surface area contributed by atoms with Gasteiger partial charge >= 0.3 is 0 Å². The van der Waals surface area contributed by atoms with Crippen LogP contribution in [0.2, 0.25) is 0 Å². The third kappa shape index (κ3) is 4.78. The Morgan fingerprint density at radius 2 is 2.10 bits per heavy atom. The van der Waals surface area contributed by atoms with Crippen LogP contribution in [0.15, 0.2) is 27.8 Å². The van der Waals surface area contributed by atoms with Crippen LogP contribution < -0.4 is 10.6 Å². The molecule has 0 unspecified atom stereocenters. The van der Waals surface area contributed by atoms with E-state index in [9.17, 15) is 0 Å². The van der Waals surface area contributed by atoms with Crippen molar-refractivity contribution in [3.8, 4) is 0 Å². The van der Waals surface area contributed by atoms with E-state index in [1.165, 1.54) is 4.88 Å². The summed E-state index contributed by atoms with van der Waals surface area (Å²) in [6.07, 6.45) is 1.66. The Labute approximate surface area is 139 Å². The predicted octanol–water partition coefficient (Wildman–Crippen LogP) is 2.84. The molecule has 0 bridgehead atoms. The maximum absolute atomic E-state index is 5.26. The molecule has 20 heavy (non-hydrogen) atoms. The number of hydrogen-bond donors (Lipinski definition) is 2. The zero-order valence-corrected chi connectivity index (χ0v) is 14.9. The molecular formula is C13H19IN4OS. The second-order valence-electron chi connectivity index (χ2n) is 4.10. The SMILES string of the molecule is CN=C(NCc1ccco1)NCc1sc(C)nc1C.I. The maximum Gasteiger partial charge on any atom is 0.191 e. The smallest absolute Gasteiger partial charge is 0.191 e. The fourth-order valence-corrected chi connectivity index (χ4v) is 2.58. The number of aryl methyl sites for hydroxylation is 2. The monoisotopic (exact) mass is 406 g/mol. The van der Waals surface area contributed by atoms with E-state index in [2.05, 4.69) is 20.6 Å². The molecule has 0 saturated carbocycles. The molecule has 0 aliphatic rings. The topological polar surface area (TPSA) is 62.5 Å². The van der Waals surface area contributed by atoms with Crippen molar-refractivity contribution < 1.29 is 4.42 Å². The van der Waals surface area contributed by atoms with Crippen LogP contribution in [0.1, 0.15) is 21.3 Å². The molecule has 110 valence electrons. The molecule has 0 aliphatic heterocycles. The Hall–Kier alpha value is -1.09. The third-order valence-electron chi connectivity index (χ3n) is 2.65. The van der Waals surface area contributed by atoms with Gasteiger partial charge in [0.1, 0.15) is 5.76 Å². The van der Waals surface area contributed by atoms with Gasteiger partial charge in [-0.05, 0) is 26.0 Å². The largest absolute Gasteiger partial charge is 0.467 e. The van der Waals surface area contributed by atoms with E-state index < -0.39 is 0 Å². The van der Waals surface area contributed by atoms with E-state index in [0.29, 0.717) is 6.54 Å². The second kappa shape index (κ2) is 8.25. The second-order valence-corrected chi connectivity index (χ2v) is 5.39. The molecule has 5 nitrogen and oxygen atoms in total. The molecule has 2 aromatic rings. The van der Waals surface area contributed by atoms with Crippen molar-refractivity contribution >= 4 is 41.3 Å². The highest BCUT2D eigenvalue weighted by atomic mass is 127. The normalized spacial score (nSPS) is 11.1. The summed E-state index contributed by atoms with van der Waals surface area (Å²) in [4.78, 5) is 9.82. The van der Waals surface area contributed by atoms with Crippen molar-refractivity contribution in [3.63, 3.8) is 0 Å². The highest BCUT2D eigenvalue weighted by molar-refractivity contribution is 14.0. The summed E-state index contributed by atoms with van der Waals surface area (Å²) < 4.78 is 5.26. The summed E-state index contributed by atoms with van der Waals surface area (Å²) >= 11 is 1.71. The molecule has 7 heteroatoms. The minimum atomic E-state index is 0. The molecule has 2 N–H and O–H groups in total. The Morgan fingerprint density at radius 3 is 2.65 bits per heavy atom. The molecule has 2 aromatic heterocycles. The van der Waals surface area contributed by atoms with Gasteiger partial charge in [0.2, 0.25) is 0 Å². The molecule has 0 saturated heterocycles. The van der Waals surface area contributed by atoms with E-state index in [1.54, 1.807) is 24.6 Å². The molecule has 2 heterocycles. The van der Waals surface area contributed by atoms with Gasteiger partial charge in [0.15, 0.2) is 5.96 Å². The van der Waals surface area contributed by atoms with Crippen LogP contribution in [0, 0.1) is 13.8 Å². The number of aliphatic imine (C=N–C) groups is 1. The first-order valence-corrected chi connectivity index (χ1v) is 6.90. The highest BCUT2D eigenvalue weighted by Gasteiger charge is 2.06. The van der Waals surface area contributed by atoms with Gasteiger partial charge in [-0.2, -0.15) is 0 Å². The zero-order valence-electron chi connectivity index (χ0n) is 11.8. The molecule has 0 fully saturated rings.